The largest absolute Gasteiger partial charge is 0.497 e. The molecule has 20 heavy (non-hydrogen) atoms. The molecule has 1 atom stereocenters. The van der Waals surface area contributed by atoms with Gasteiger partial charge in [-0.25, -0.2) is 0 Å². The lowest BCUT2D eigenvalue weighted by Gasteiger charge is -2.14. The zero-order valence-corrected chi connectivity index (χ0v) is 12.0. The van der Waals surface area contributed by atoms with E-state index < -0.39 is 0 Å². The molecule has 1 rings (SSSR count). The van der Waals surface area contributed by atoms with E-state index in [0.29, 0.717) is 23.7 Å². The van der Waals surface area contributed by atoms with E-state index in [2.05, 4.69) is 5.32 Å². The van der Waals surface area contributed by atoms with Crippen LogP contribution in [-0.2, 0) is 16.1 Å². The highest BCUT2D eigenvalue weighted by molar-refractivity contribution is 5.77. The zero-order chi connectivity index (χ0) is 15.0. The Hall–Kier alpha value is -1.79. The topological polar surface area (TPSA) is 77.0 Å². The molecule has 0 saturated carbocycles. The maximum absolute atomic E-state index is 11.7. The first kappa shape index (κ1) is 16.3. The molecule has 1 aromatic carbocycles. The van der Waals surface area contributed by atoms with Gasteiger partial charge in [0.15, 0.2) is 6.61 Å². The summed E-state index contributed by atoms with van der Waals surface area (Å²) in [6, 6.07) is 4.97. The minimum Gasteiger partial charge on any atom is -0.497 e. The molecular weight excluding hydrogens is 262 g/mol. The highest BCUT2D eigenvalue weighted by atomic mass is 16.5. The van der Waals surface area contributed by atoms with Crippen molar-refractivity contribution in [3.63, 3.8) is 0 Å². The third kappa shape index (κ3) is 5.07. The molecule has 0 fully saturated rings. The van der Waals surface area contributed by atoms with Crippen LogP contribution in [-0.4, -0.2) is 44.5 Å². The van der Waals surface area contributed by atoms with Crippen molar-refractivity contribution < 1.29 is 24.1 Å². The number of nitrogens with one attached hydrogen (secondary N) is 1. The van der Waals surface area contributed by atoms with Crippen molar-refractivity contribution in [1.29, 1.82) is 0 Å². The highest BCUT2D eigenvalue weighted by Crippen LogP contribution is 2.24. The van der Waals surface area contributed by atoms with Gasteiger partial charge in [0.05, 0.1) is 20.3 Å². The predicted octanol–water partition coefficient (Wildman–Crippen LogP) is 0.717. The summed E-state index contributed by atoms with van der Waals surface area (Å²) in [4.78, 5) is 11.7. The molecular formula is C14H21NO5. The summed E-state index contributed by atoms with van der Waals surface area (Å²) < 4.78 is 15.4. The van der Waals surface area contributed by atoms with Gasteiger partial charge < -0.3 is 24.6 Å². The molecule has 0 saturated heterocycles. The van der Waals surface area contributed by atoms with Crippen molar-refractivity contribution in [3.05, 3.63) is 23.8 Å². The first-order chi connectivity index (χ1) is 9.60. The van der Waals surface area contributed by atoms with Gasteiger partial charge in [-0.15, -0.1) is 0 Å². The second-order valence-corrected chi connectivity index (χ2v) is 4.34. The first-order valence-electron chi connectivity index (χ1n) is 6.29. The van der Waals surface area contributed by atoms with Gasteiger partial charge in [-0.1, -0.05) is 0 Å². The number of amides is 1. The number of ether oxygens (including phenoxy) is 3. The van der Waals surface area contributed by atoms with Crippen LogP contribution >= 0.6 is 0 Å². The van der Waals surface area contributed by atoms with Gasteiger partial charge in [0.2, 0.25) is 0 Å². The lowest BCUT2D eigenvalue weighted by atomic mass is 10.2. The van der Waals surface area contributed by atoms with Crippen LogP contribution in [0.3, 0.4) is 0 Å². The predicted molar refractivity (Wildman–Crippen MR) is 73.9 cm³/mol. The normalized spacial score (nSPS) is 11.8. The third-order valence-electron chi connectivity index (χ3n) is 2.63. The van der Waals surface area contributed by atoms with Crippen LogP contribution < -0.4 is 14.8 Å². The van der Waals surface area contributed by atoms with Crippen molar-refractivity contribution in [3.8, 4) is 11.5 Å². The number of carbonyl (C=O) groups is 1. The summed E-state index contributed by atoms with van der Waals surface area (Å²) in [6.45, 7) is 1.98. The number of rotatable bonds is 8. The average Bonchev–Trinajstić information content (AvgIpc) is 2.44. The van der Waals surface area contributed by atoms with E-state index in [1.165, 1.54) is 7.11 Å². The summed E-state index contributed by atoms with van der Waals surface area (Å²) in [5.41, 5.74) is 0.600. The molecule has 0 aromatic heterocycles. The van der Waals surface area contributed by atoms with Gasteiger partial charge in [-0.05, 0) is 19.1 Å². The fourth-order valence-electron chi connectivity index (χ4n) is 1.68. The second-order valence-electron chi connectivity index (χ2n) is 4.34. The minimum atomic E-state index is -0.249. The Morgan fingerprint density at radius 1 is 1.40 bits per heavy atom. The minimum absolute atomic E-state index is 0.0845. The van der Waals surface area contributed by atoms with E-state index in [1.54, 1.807) is 25.3 Å². The van der Waals surface area contributed by atoms with Gasteiger partial charge in [0, 0.05) is 24.8 Å². The van der Waals surface area contributed by atoms with Crippen LogP contribution in [0.2, 0.25) is 0 Å². The van der Waals surface area contributed by atoms with Gasteiger partial charge >= 0.3 is 0 Å². The molecule has 0 aliphatic heterocycles. The van der Waals surface area contributed by atoms with Crippen molar-refractivity contribution in [2.75, 3.05) is 27.4 Å². The molecule has 0 aliphatic rings. The van der Waals surface area contributed by atoms with E-state index in [0.717, 1.165) is 0 Å². The van der Waals surface area contributed by atoms with Crippen LogP contribution in [0.4, 0.5) is 0 Å². The van der Waals surface area contributed by atoms with Crippen LogP contribution in [0, 0.1) is 0 Å². The van der Waals surface area contributed by atoms with Crippen LogP contribution in [0.15, 0.2) is 18.2 Å². The summed E-state index contributed by atoms with van der Waals surface area (Å²) >= 11 is 0. The monoisotopic (exact) mass is 283 g/mol. The quantitative estimate of drug-likeness (QED) is 0.735. The first-order valence-corrected chi connectivity index (χ1v) is 6.29. The number of methoxy groups -OCH3 is 2. The summed E-state index contributed by atoms with van der Waals surface area (Å²) in [7, 11) is 3.11. The maximum Gasteiger partial charge on any atom is 0.258 e. The van der Waals surface area contributed by atoms with Crippen molar-refractivity contribution in [2.24, 2.45) is 0 Å². The number of carbonyl (C=O) groups excluding carboxylic acids is 1. The molecule has 0 aliphatic carbocycles. The molecule has 0 bridgehead atoms. The highest BCUT2D eigenvalue weighted by Gasteiger charge is 2.10. The zero-order valence-electron chi connectivity index (χ0n) is 12.0. The molecule has 0 radical (unpaired) electrons. The Morgan fingerprint density at radius 2 is 2.15 bits per heavy atom. The fraction of sp³-hybridized carbons (Fsp3) is 0.500. The van der Waals surface area contributed by atoms with Crippen molar-refractivity contribution in [2.45, 2.75) is 19.6 Å². The third-order valence-corrected chi connectivity index (χ3v) is 2.63. The van der Waals surface area contributed by atoms with Crippen molar-refractivity contribution >= 4 is 5.91 Å². The van der Waals surface area contributed by atoms with Gasteiger partial charge in [-0.2, -0.15) is 0 Å². The standard InChI is InChI=1S/C14H21NO5/c1-10(8-18-2)15-14(17)9-20-13-6-12(19-3)5-4-11(13)7-16/h4-6,10,16H,7-9H2,1-3H3,(H,15,17). The van der Waals surface area contributed by atoms with E-state index in [9.17, 15) is 9.90 Å². The van der Waals surface area contributed by atoms with Crippen molar-refractivity contribution in [1.82, 2.24) is 5.32 Å². The van der Waals surface area contributed by atoms with Gasteiger partial charge in [0.25, 0.3) is 5.91 Å². The number of aliphatic hydroxyl groups excluding tert-OH is 1. The summed E-state index contributed by atoms with van der Waals surface area (Å²) in [6.07, 6.45) is 0. The molecule has 1 aromatic rings. The Labute approximate surface area is 118 Å². The Kier molecular flexibility index (Phi) is 6.83. The molecule has 2 N–H and O–H groups in total. The van der Waals surface area contributed by atoms with E-state index >= 15 is 0 Å². The fourth-order valence-corrected chi connectivity index (χ4v) is 1.68. The maximum atomic E-state index is 11.7. The van der Waals surface area contributed by atoms with Crippen LogP contribution in [0.1, 0.15) is 12.5 Å². The molecule has 1 unspecified atom stereocenters. The molecule has 6 nitrogen and oxygen atoms in total. The van der Waals surface area contributed by atoms with Crippen LogP contribution in [0.25, 0.3) is 0 Å². The van der Waals surface area contributed by atoms with Gasteiger partial charge in [-0.3, -0.25) is 4.79 Å². The summed E-state index contributed by atoms with van der Waals surface area (Å²) in [5.74, 6) is 0.785. The lowest BCUT2D eigenvalue weighted by molar-refractivity contribution is -0.124. The SMILES string of the molecule is COCC(C)NC(=O)COc1cc(OC)ccc1CO. The second kappa shape index (κ2) is 8.39. The number of hydrogen-bond donors (Lipinski definition) is 2. The molecule has 112 valence electrons. The molecule has 0 spiro atoms. The smallest absolute Gasteiger partial charge is 0.258 e. The summed E-state index contributed by atoms with van der Waals surface area (Å²) in [5, 5.41) is 12.0. The number of benzene rings is 1. The number of aliphatic hydroxyl groups is 1. The molecule has 0 heterocycles. The van der Waals surface area contributed by atoms with E-state index in [-0.39, 0.29) is 25.2 Å². The Bertz CT molecular complexity index is 436. The van der Waals surface area contributed by atoms with Crippen LogP contribution in [0.5, 0.6) is 11.5 Å². The Balaban J connectivity index is 2.57. The number of hydrogen-bond acceptors (Lipinski definition) is 5. The molecule has 6 heteroatoms. The average molecular weight is 283 g/mol. The Morgan fingerprint density at radius 3 is 2.75 bits per heavy atom. The molecule has 1 amide bonds. The van der Waals surface area contributed by atoms with Gasteiger partial charge in [0.1, 0.15) is 11.5 Å². The lowest BCUT2D eigenvalue weighted by Crippen LogP contribution is -2.38. The van der Waals surface area contributed by atoms with E-state index in [4.69, 9.17) is 14.2 Å². The van der Waals surface area contributed by atoms with E-state index in [1.807, 2.05) is 6.92 Å².